The smallest absolute Gasteiger partial charge is 0.314 e. The van der Waals surface area contributed by atoms with E-state index in [2.05, 4.69) is 10.6 Å². The molecule has 0 fully saturated rings. The summed E-state index contributed by atoms with van der Waals surface area (Å²) in [5.74, 6) is -0.227. The third-order valence-electron chi connectivity index (χ3n) is 3.30. The summed E-state index contributed by atoms with van der Waals surface area (Å²) in [5, 5.41) is 18.9. The summed E-state index contributed by atoms with van der Waals surface area (Å²) >= 11 is 1.49. The standard InChI is InChI=1S/C16H19FN2O3S/c1-22-15-8-11(2-3-13(15)17)4-6-18-16(21)19-9-14(20)12-5-7-23-10-12/h2-3,5,7-8,10,14,20H,4,6,9H2,1H3,(H2,18,19,21). The number of urea groups is 1. The van der Waals surface area contributed by atoms with Gasteiger partial charge in [-0.25, -0.2) is 9.18 Å². The molecule has 0 aliphatic rings. The molecule has 1 aromatic heterocycles. The average Bonchev–Trinajstić information content (AvgIpc) is 3.08. The fourth-order valence-corrected chi connectivity index (χ4v) is 2.72. The fraction of sp³-hybridized carbons (Fsp3) is 0.312. The molecule has 5 nitrogen and oxygen atoms in total. The van der Waals surface area contributed by atoms with Gasteiger partial charge in [-0.1, -0.05) is 6.07 Å². The molecule has 0 aliphatic carbocycles. The van der Waals surface area contributed by atoms with Crippen LogP contribution in [0.25, 0.3) is 0 Å². The predicted molar refractivity (Wildman–Crippen MR) is 87.3 cm³/mol. The maximum absolute atomic E-state index is 13.3. The van der Waals surface area contributed by atoms with E-state index in [4.69, 9.17) is 4.74 Å². The van der Waals surface area contributed by atoms with Crippen LogP contribution in [0.2, 0.25) is 0 Å². The van der Waals surface area contributed by atoms with Gasteiger partial charge in [0.1, 0.15) is 0 Å². The van der Waals surface area contributed by atoms with Crippen molar-refractivity contribution in [1.82, 2.24) is 10.6 Å². The predicted octanol–water partition coefficient (Wildman–Crippen LogP) is 2.47. The van der Waals surface area contributed by atoms with Gasteiger partial charge in [-0.15, -0.1) is 0 Å². The van der Waals surface area contributed by atoms with Crippen LogP contribution >= 0.6 is 11.3 Å². The number of hydrogen-bond acceptors (Lipinski definition) is 4. The lowest BCUT2D eigenvalue weighted by molar-refractivity contribution is 0.173. The van der Waals surface area contributed by atoms with Crippen LogP contribution in [-0.4, -0.2) is 31.3 Å². The first-order valence-corrected chi connectivity index (χ1v) is 8.08. The molecule has 1 aromatic carbocycles. The Bertz CT molecular complexity index is 634. The van der Waals surface area contributed by atoms with Gasteiger partial charge in [0.05, 0.1) is 13.2 Å². The molecule has 7 heteroatoms. The Morgan fingerprint density at radius 3 is 2.91 bits per heavy atom. The number of methoxy groups -OCH3 is 1. The summed E-state index contributed by atoms with van der Waals surface area (Å²) in [6.45, 7) is 0.544. The van der Waals surface area contributed by atoms with Crippen molar-refractivity contribution in [2.75, 3.05) is 20.2 Å². The topological polar surface area (TPSA) is 70.6 Å². The molecule has 0 saturated carbocycles. The van der Waals surface area contributed by atoms with E-state index in [1.807, 2.05) is 16.8 Å². The largest absolute Gasteiger partial charge is 0.494 e. The Morgan fingerprint density at radius 1 is 1.39 bits per heavy atom. The van der Waals surface area contributed by atoms with Crippen molar-refractivity contribution in [3.05, 3.63) is 52.0 Å². The quantitative estimate of drug-likeness (QED) is 0.726. The van der Waals surface area contributed by atoms with Crippen LogP contribution in [0.4, 0.5) is 9.18 Å². The van der Waals surface area contributed by atoms with Gasteiger partial charge >= 0.3 is 6.03 Å². The minimum atomic E-state index is -0.714. The number of benzene rings is 1. The Morgan fingerprint density at radius 2 is 2.22 bits per heavy atom. The Kier molecular flexibility index (Phi) is 6.37. The number of aliphatic hydroxyl groups is 1. The Hall–Kier alpha value is -2.12. The van der Waals surface area contributed by atoms with Crippen molar-refractivity contribution >= 4 is 17.4 Å². The third-order valence-corrected chi connectivity index (χ3v) is 4.00. The number of rotatable bonds is 7. The summed E-state index contributed by atoms with van der Waals surface area (Å²) in [6, 6.07) is 6.06. The van der Waals surface area contributed by atoms with Crippen molar-refractivity contribution in [3.63, 3.8) is 0 Å². The first-order chi connectivity index (χ1) is 11.1. The van der Waals surface area contributed by atoms with Gasteiger partial charge in [0, 0.05) is 13.1 Å². The molecule has 0 spiro atoms. The van der Waals surface area contributed by atoms with Crippen LogP contribution in [0.3, 0.4) is 0 Å². The molecule has 3 N–H and O–H groups in total. The monoisotopic (exact) mass is 338 g/mol. The summed E-state index contributed by atoms with van der Waals surface area (Å²) in [4.78, 5) is 11.7. The van der Waals surface area contributed by atoms with Gasteiger partial charge in [0.15, 0.2) is 11.6 Å². The summed E-state index contributed by atoms with van der Waals surface area (Å²) in [5.41, 5.74) is 1.65. The molecular weight excluding hydrogens is 319 g/mol. The zero-order chi connectivity index (χ0) is 16.7. The van der Waals surface area contributed by atoms with Gasteiger partial charge in [-0.2, -0.15) is 11.3 Å². The Balaban J connectivity index is 1.70. The Labute approximate surface area is 138 Å². The normalized spacial score (nSPS) is 11.8. The first-order valence-electron chi connectivity index (χ1n) is 7.14. The number of ether oxygens (including phenoxy) is 1. The van der Waals surface area contributed by atoms with E-state index in [1.165, 1.54) is 24.5 Å². The second-order valence-electron chi connectivity index (χ2n) is 4.93. The molecule has 0 saturated heterocycles. The first kappa shape index (κ1) is 17.2. The molecule has 1 atom stereocenters. The van der Waals surface area contributed by atoms with E-state index in [1.54, 1.807) is 12.1 Å². The highest BCUT2D eigenvalue weighted by molar-refractivity contribution is 7.07. The van der Waals surface area contributed by atoms with Gasteiger partial charge in [0.25, 0.3) is 0 Å². The number of halogens is 1. The van der Waals surface area contributed by atoms with Gasteiger partial charge in [-0.05, 0) is 46.5 Å². The molecular formula is C16H19FN2O3S. The molecule has 2 aromatic rings. The second-order valence-corrected chi connectivity index (χ2v) is 5.71. The number of carbonyl (C=O) groups excluding carboxylic acids is 1. The highest BCUT2D eigenvalue weighted by atomic mass is 32.1. The van der Waals surface area contributed by atoms with E-state index < -0.39 is 11.9 Å². The van der Waals surface area contributed by atoms with Crippen LogP contribution in [0, 0.1) is 5.82 Å². The average molecular weight is 338 g/mol. The van der Waals surface area contributed by atoms with Crippen LogP contribution in [0.15, 0.2) is 35.0 Å². The summed E-state index contributed by atoms with van der Waals surface area (Å²) < 4.78 is 18.2. The van der Waals surface area contributed by atoms with Crippen LogP contribution < -0.4 is 15.4 Å². The minimum Gasteiger partial charge on any atom is -0.494 e. The second kappa shape index (κ2) is 8.50. The molecule has 0 aliphatic heterocycles. The number of nitrogens with one attached hydrogen (secondary N) is 2. The van der Waals surface area contributed by atoms with E-state index in [0.29, 0.717) is 13.0 Å². The van der Waals surface area contributed by atoms with E-state index in [-0.39, 0.29) is 18.3 Å². The minimum absolute atomic E-state index is 0.146. The number of aliphatic hydroxyl groups excluding tert-OH is 1. The SMILES string of the molecule is COc1cc(CCNC(=O)NCC(O)c2ccsc2)ccc1F. The lowest BCUT2D eigenvalue weighted by Gasteiger charge is -2.12. The zero-order valence-corrected chi connectivity index (χ0v) is 13.5. The molecule has 0 bridgehead atoms. The molecule has 2 rings (SSSR count). The van der Waals surface area contributed by atoms with Gasteiger partial charge in [0.2, 0.25) is 0 Å². The summed E-state index contributed by atoms with van der Waals surface area (Å²) in [6.07, 6.45) is -0.162. The third kappa shape index (κ3) is 5.22. The lowest BCUT2D eigenvalue weighted by Crippen LogP contribution is -2.38. The molecule has 0 radical (unpaired) electrons. The number of carbonyl (C=O) groups is 1. The van der Waals surface area contributed by atoms with Crippen molar-refractivity contribution in [2.45, 2.75) is 12.5 Å². The van der Waals surface area contributed by atoms with Gasteiger partial charge < -0.3 is 20.5 Å². The number of hydrogen-bond donors (Lipinski definition) is 3. The van der Waals surface area contributed by atoms with Crippen LogP contribution in [-0.2, 0) is 6.42 Å². The summed E-state index contributed by atoms with van der Waals surface area (Å²) in [7, 11) is 1.41. The fourth-order valence-electron chi connectivity index (χ4n) is 2.01. The van der Waals surface area contributed by atoms with Crippen molar-refractivity contribution < 1.29 is 19.0 Å². The van der Waals surface area contributed by atoms with Crippen molar-refractivity contribution in [2.24, 2.45) is 0 Å². The number of thiophene rings is 1. The molecule has 1 unspecified atom stereocenters. The molecule has 23 heavy (non-hydrogen) atoms. The van der Waals surface area contributed by atoms with Crippen molar-refractivity contribution in [3.8, 4) is 5.75 Å². The van der Waals surface area contributed by atoms with E-state index in [9.17, 15) is 14.3 Å². The molecule has 124 valence electrons. The lowest BCUT2D eigenvalue weighted by atomic mass is 10.1. The molecule has 1 heterocycles. The van der Waals surface area contributed by atoms with Crippen LogP contribution in [0.1, 0.15) is 17.2 Å². The number of amides is 2. The maximum atomic E-state index is 13.3. The highest BCUT2D eigenvalue weighted by Gasteiger charge is 2.09. The van der Waals surface area contributed by atoms with E-state index in [0.717, 1.165) is 11.1 Å². The van der Waals surface area contributed by atoms with Crippen LogP contribution in [0.5, 0.6) is 5.75 Å². The van der Waals surface area contributed by atoms with Crippen molar-refractivity contribution in [1.29, 1.82) is 0 Å². The van der Waals surface area contributed by atoms with Gasteiger partial charge in [-0.3, -0.25) is 0 Å². The molecule has 2 amide bonds. The highest BCUT2D eigenvalue weighted by Crippen LogP contribution is 2.18. The zero-order valence-electron chi connectivity index (χ0n) is 12.7. The maximum Gasteiger partial charge on any atom is 0.314 e. The van der Waals surface area contributed by atoms with E-state index >= 15 is 0 Å².